The van der Waals surface area contributed by atoms with Crippen LogP contribution in [-0.4, -0.2) is 9.97 Å². The highest BCUT2D eigenvalue weighted by atomic mass is 35.5. The van der Waals surface area contributed by atoms with Crippen LogP contribution in [0.15, 0.2) is 85.2 Å². The number of hydrogen-bond donors (Lipinski definition) is 0. The zero-order valence-corrected chi connectivity index (χ0v) is 16.2. The van der Waals surface area contributed by atoms with Gasteiger partial charge in [0, 0.05) is 34.3 Å². The van der Waals surface area contributed by atoms with Gasteiger partial charge in [0.15, 0.2) is 0 Å². The molecule has 0 saturated heterocycles. The quantitative estimate of drug-likeness (QED) is 0.288. The molecule has 0 unspecified atom stereocenters. The molecular formula is C24H14Cl2N2. The molecule has 0 aliphatic carbocycles. The molecule has 0 bridgehead atoms. The van der Waals surface area contributed by atoms with Crippen LogP contribution in [0.2, 0.25) is 10.0 Å². The number of rotatable bonds is 2. The number of benzene rings is 3. The van der Waals surface area contributed by atoms with Gasteiger partial charge in [-0.3, -0.25) is 9.97 Å². The van der Waals surface area contributed by atoms with Gasteiger partial charge in [0.2, 0.25) is 0 Å². The summed E-state index contributed by atoms with van der Waals surface area (Å²) in [6.07, 6.45) is 3.61. The van der Waals surface area contributed by atoms with Crippen LogP contribution in [0.3, 0.4) is 0 Å². The first kappa shape index (κ1) is 17.2. The van der Waals surface area contributed by atoms with Gasteiger partial charge in [0.1, 0.15) is 0 Å². The van der Waals surface area contributed by atoms with Crippen molar-refractivity contribution in [2.45, 2.75) is 0 Å². The van der Waals surface area contributed by atoms with Crippen LogP contribution in [0, 0.1) is 0 Å². The molecule has 5 aromatic rings. The standard InChI is InChI=1S/C24H14Cl2N2/c25-21-17-11-12-18-22(26)20(16-9-5-2-6-10-16)14-28-24(18)23(17)27-13-19(21)15-7-3-1-4-8-15/h1-14H. The van der Waals surface area contributed by atoms with Gasteiger partial charge in [-0.05, 0) is 11.1 Å². The summed E-state index contributed by atoms with van der Waals surface area (Å²) < 4.78 is 0. The first-order valence-electron chi connectivity index (χ1n) is 8.90. The highest BCUT2D eigenvalue weighted by molar-refractivity contribution is 6.41. The van der Waals surface area contributed by atoms with Crippen molar-refractivity contribution in [2.24, 2.45) is 0 Å². The van der Waals surface area contributed by atoms with Crippen LogP contribution < -0.4 is 0 Å². The molecule has 4 heteroatoms. The lowest BCUT2D eigenvalue weighted by atomic mass is 10.0. The molecule has 2 heterocycles. The van der Waals surface area contributed by atoms with Gasteiger partial charge in [-0.25, -0.2) is 0 Å². The molecule has 2 aromatic heterocycles. The monoisotopic (exact) mass is 400 g/mol. The Kier molecular flexibility index (Phi) is 4.23. The van der Waals surface area contributed by atoms with E-state index in [1.165, 1.54) is 0 Å². The minimum Gasteiger partial charge on any atom is -0.253 e. The third-order valence-electron chi connectivity index (χ3n) is 4.91. The summed E-state index contributed by atoms with van der Waals surface area (Å²) in [6.45, 7) is 0. The van der Waals surface area contributed by atoms with Crippen LogP contribution in [0.1, 0.15) is 0 Å². The fourth-order valence-corrected chi connectivity index (χ4v) is 4.12. The molecule has 0 amide bonds. The van der Waals surface area contributed by atoms with E-state index >= 15 is 0 Å². The molecule has 0 aliphatic heterocycles. The van der Waals surface area contributed by atoms with Crippen LogP contribution in [0.25, 0.3) is 44.1 Å². The number of halogens is 2. The van der Waals surface area contributed by atoms with Crippen LogP contribution >= 0.6 is 23.2 Å². The molecule has 0 aliphatic rings. The zero-order valence-electron chi connectivity index (χ0n) is 14.7. The van der Waals surface area contributed by atoms with Gasteiger partial charge in [-0.15, -0.1) is 0 Å². The van der Waals surface area contributed by atoms with E-state index in [0.29, 0.717) is 10.0 Å². The fraction of sp³-hybridized carbons (Fsp3) is 0. The normalized spacial score (nSPS) is 11.2. The molecule has 0 saturated carbocycles. The zero-order chi connectivity index (χ0) is 19.1. The van der Waals surface area contributed by atoms with Gasteiger partial charge in [0.25, 0.3) is 0 Å². The molecule has 2 nitrogen and oxygen atoms in total. The molecule has 3 aromatic carbocycles. The second-order valence-electron chi connectivity index (χ2n) is 6.56. The van der Waals surface area contributed by atoms with E-state index < -0.39 is 0 Å². The van der Waals surface area contributed by atoms with Gasteiger partial charge < -0.3 is 0 Å². The molecule has 0 fully saturated rings. The lowest BCUT2D eigenvalue weighted by molar-refractivity contribution is 1.37. The van der Waals surface area contributed by atoms with E-state index in [9.17, 15) is 0 Å². The molecule has 0 N–H and O–H groups in total. The first-order valence-corrected chi connectivity index (χ1v) is 9.66. The van der Waals surface area contributed by atoms with E-state index in [1.807, 2.05) is 72.8 Å². The third-order valence-corrected chi connectivity index (χ3v) is 5.73. The van der Waals surface area contributed by atoms with Crippen molar-refractivity contribution in [3.8, 4) is 22.3 Å². The SMILES string of the molecule is Clc1c(-c2ccccc2)cnc2c1ccc1c(Cl)c(-c3ccccc3)cnc12. The number of aromatic nitrogens is 2. The average molecular weight is 401 g/mol. The summed E-state index contributed by atoms with van der Waals surface area (Å²) in [6, 6.07) is 24.0. The summed E-state index contributed by atoms with van der Waals surface area (Å²) in [7, 11) is 0. The van der Waals surface area contributed by atoms with E-state index in [-0.39, 0.29) is 0 Å². The topological polar surface area (TPSA) is 25.8 Å². The van der Waals surface area contributed by atoms with Crippen molar-refractivity contribution in [3.63, 3.8) is 0 Å². The molecule has 0 radical (unpaired) electrons. The van der Waals surface area contributed by atoms with Gasteiger partial charge >= 0.3 is 0 Å². The number of fused-ring (bicyclic) bond motifs is 3. The number of nitrogens with zero attached hydrogens (tertiary/aromatic N) is 2. The van der Waals surface area contributed by atoms with Crippen molar-refractivity contribution in [1.82, 2.24) is 9.97 Å². The molecule has 5 rings (SSSR count). The maximum atomic E-state index is 6.74. The van der Waals surface area contributed by atoms with Crippen molar-refractivity contribution in [3.05, 3.63) is 95.2 Å². The Morgan fingerprint density at radius 3 is 1.29 bits per heavy atom. The maximum absolute atomic E-state index is 6.74. The highest BCUT2D eigenvalue weighted by Crippen LogP contribution is 2.39. The average Bonchev–Trinajstić information content (AvgIpc) is 2.75. The molecular weight excluding hydrogens is 387 g/mol. The second kappa shape index (κ2) is 6.90. The Balaban J connectivity index is 1.75. The summed E-state index contributed by atoms with van der Waals surface area (Å²) in [5.41, 5.74) is 5.38. The lowest BCUT2D eigenvalue weighted by Gasteiger charge is -2.11. The molecule has 134 valence electrons. The minimum atomic E-state index is 0.670. The Morgan fingerprint density at radius 1 is 0.500 bits per heavy atom. The summed E-state index contributed by atoms with van der Waals surface area (Å²) in [5.74, 6) is 0. The molecule has 0 atom stereocenters. The van der Waals surface area contributed by atoms with E-state index in [1.54, 1.807) is 12.4 Å². The van der Waals surface area contributed by atoms with Gasteiger partial charge in [-0.1, -0.05) is 96.0 Å². The smallest absolute Gasteiger partial charge is 0.0980 e. The molecule has 0 spiro atoms. The van der Waals surface area contributed by atoms with Crippen molar-refractivity contribution in [2.75, 3.05) is 0 Å². The Labute approximate surface area is 172 Å². The maximum Gasteiger partial charge on any atom is 0.0980 e. The van der Waals surface area contributed by atoms with E-state index in [0.717, 1.165) is 44.1 Å². The van der Waals surface area contributed by atoms with Crippen LogP contribution in [0.5, 0.6) is 0 Å². The molecule has 28 heavy (non-hydrogen) atoms. The highest BCUT2D eigenvalue weighted by Gasteiger charge is 2.15. The Hall–Kier alpha value is -2.94. The predicted molar refractivity (Wildman–Crippen MR) is 118 cm³/mol. The number of hydrogen-bond acceptors (Lipinski definition) is 2. The summed E-state index contributed by atoms with van der Waals surface area (Å²) in [5, 5.41) is 3.07. The van der Waals surface area contributed by atoms with Crippen LogP contribution in [-0.2, 0) is 0 Å². The fourth-order valence-electron chi connectivity index (χ4n) is 3.49. The van der Waals surface area contributed by atoms with Crippen molar-refractivity contribution in [1.29, 1.82) is 0 Å². The Bertz CT molecular complexity index is 1210. The van der Waals surface area contributed by atoms with Crippen molar-refractivity contribution >= 4 is 45.0 Å². The van der Waals surface area contributed by atoms with Crippen molar-refractivity contribution < 1.29 is 0 Å². The van der Waals surface area contributed by atoms with Gasteiger partial charge in [-0.2, -0.15) is 0 Å². The summed E-state index contributed by atoms with van der Waals surface area (Å²) >= 11 is 13.5. The number of pyridine rings is 2. The van der Waals surface area contributed by atoms with Gasteiger partial charge in [0.05, 0.1) is 21.1 Å². The third kappa shape index (κ3) is 2.73. The Morgan fingerprint density at radius 2 is 0.893 bits per heavy atom. The van der Waals surface area contributed by atoms with E-state index in [2.05, 4.69) is 9.97 Å². The second-order valence-corrected chi connectivity index (χ2v) is 7.32. The first-order chi connectivity index (χ1) is 13.7. The van der Waals surface area contributed by atoms with E-state index in [4.69, 9.17) is 23.2 Å². The largest absolute Gasteiger partial charge is 0.253 e. The summed E-state index contributed by atoms with van der Waals surface area (Å²) in [4.78, 5) is 9.37. The minimum absolute atomic E-state index is 0.670. The lowest BCUT2D eigenvalue weighted by Crippen LogP contribution is -1.91. The van der Waals surface area contributed by atoms with Crippen LogP contribution in [0.4, 0.5) is 0 Å². The predicted octanol–water partition coefficient (Wildman–Crippen LogP) is 7.42.